The number of alkyl carbamates (subject to hydrolysis) is 1. The Morgan fingerprint density at radius 1 is 0.893 bits per heavy atom. The van der Waals surface area contributed by atoms with E-state index in [2.05, 4.69) is 10.6 Å². The topological polar surface area (TPSA) is 93.4 Å². The highest BCUT2D eigenvalue weighted by Gasteiger charge is 2.26. The highest BCUT2D eigenvalue weighted by Crippen LogP contribution is 2.13. The summed E-state index contributed by atoms with van der Waals surface area (Å²) >= 11 is 0. The number of unbranched alkanes of at least 4 members (excludes halogenated alkanes) is 6. The molecule has 0 aromatic rings. The molecule has 0 fully saturated rings. The lowest BCUT2D eigenvalue weighted by Crippen LogP contribution is -2.46. The maximum Gasteiger partial charge on any atom is 0.408 e. The van der Waals surface area contributed by atoms with Crippen LogP contribution in [-0.2, 0) is 9.53 Å². The highest BCUT2D eigenvalue weighted by atomic mass is 16.6. The number of rotatable bonds is 16. The molecule has 0 aromatic carbocycles. The minimum Gasteiger partial charge on any atom is -0.444 e. The fraction of sp³-hybridized carbons (Fsp3) is 0.909. The standard InChI is InChI=1S/C22H45N3O3/c1-18(2)20(25-21(27)28-22(3,4)5)19(26)14-11-9-7-6-8-10-12-16-24-17-13-15-23/h18,20,24H,6-17,23H2,1-5H3,(H,25,27). The van der Waals surface area contributed by atoms with Gasteiger partial charge >= 0.3 is 6.09 Å². The third-order valence-electron chi connectivity index (χ3n) is 4.52. The molecule has 0 aliphatic rings. The number of carbonyl (C=O) groups is 2. The number of nitrogens with one attached hydrogen (secondary N) is 2. The number of nitrogens with two attached hydrogens (primary N) is 1. The fourth-order valence-corrected chi connectivity index (χ4v) is 2.99. The Labute approximate surface area is 172 Å². The van der Waals surface area contributed by atoms with Gasteiger partial charge in [-0.15, -0.1) is 0 Å². The van der Waals surface area contributed by atoms with Gasteiger partial charge in [0, 0.05) is 6.42 Å². The third kappa shape index (κ3) is 15.9. The zero-order valence-electron chi connectivity index (χ0n) is 18.9. The van der Waals surface area contributed by atoms with Crippen molar-refractivity contribution in [3.8, 4) is 0 Å². The van der Waals surface area contributed by atoms with Crippen molar-refractivity contribution in [1.29, 1.82) is 0 Å². The summed E-state index contributed by atoms with van der Waals surface area (Å²) < 4.78 is 5.27. The first-order valence-electron chi connectivity index (χ1n) is 11.1. The molecule has 0 aromatic heterocycles. The van der Waals surface area contributed by atoms with Crippen molar-refractivity contribution >= 4 is 11.9 Å². The molecule has 0 spiro atoms. The molecule has 1 unspecified atom stereocenters. The van der Waals surface area contributed by atoms with E-state index >= 15 is 0 Å². The molecule has 0 aliphatic heterocycles. The molecule has 6 heteroatoms. The van der Waals surface area contributed by atoms with Crippen LogP contribution < -0.4 is 16.4 Å². The predicted octanol–water partition coefficient (Wildman–Crippen LogP) is 4.16. The van der Waals surface area contributed by atoms with Gasteiger partial charge in [0.05, 0.1) is 6.04 Å². The quantitative estimate of drug-likeness (QED) is 0.339. The van der Waals surface area contributed by atoms with Crippen molar-refractivity contribution in [3.63, 3.8) is 0 Å². The summed E-state index contributed by atoms with van der Waals surface area (Å²) in [6.45, 7) is 12.2. The van der Waals surface area contributed by atoms with Crippen LogP contribution in [-0.4, -0.2) is 43.2 Å². The molecule has 0 aliphatic carbocycles. The molecular weight excluding hydrogens is 354 g/mol. The molecule has 4 N–H and O–H groups in total. The smallest absolute Gasteiger partial charge is 0.408 e. The van der Waals surface area contributed by atoms with Crippen LogP contribution in [0.4, 0.5) is 4.79 Å². The summed E-state index contributed by atoms with van der Waals surface area (Å²) in [6.07, 6.45) is 9.11. The van der Waals surface area contributed by atoms with Gasteiger partial charge in [-0.25, -0.2) is 4.79 Å². The minimum absolute atomic E-state index is 0.0541. The van der Waals surface area contributed by atoms with Crippen LogP contribution in [0.25, 0.3) is 0 Å². The Hall–Kier alpha value is -1.14. The van der Waals surface area contributed by atoms with Crippen LogP contribution in [0.2, 0.25) is 0 Å². The Kier molecular flexibility index (Phi) is 15.1. The molecule has 1 atom stereocenters. The van der Waals surface area contributed by atoms with Crippen LogP contribution in [0, 0.1) is 5.92 Å². The van der Waals surface area contributed by atoms with Crippen molar-refractivity contribution < 1.29 is 14.3 Å². The summed E-state index contributed by atoms with van der Waals surface area (Å²) in [5.41, 5.74) is 4.90. The van der Waals surface area contributed by atoms with Gasteiger partial charge < -0.3 is 21.1 Å². The van der Waals surface area contributed by atoms with Crippen molar-refractivity contribution in [3.05, 3.63) is 0 Å². The normalized spacial score (nSPS) is 12.8. The second-order valence-electron chi connectivity index (χ2n) is 8.95. The fourth-order valence-electron chi connectivity index (χ4n) is 2.99. The summed E-state index contributed by atoms with van der Waals surface area (Å²) in [7, 11) is 0. The second-order valence-corrected chi connectivity index (χ2v) is 8.95. The van der Waals surface area contributed by atoms with Crippen LogP contribution >= 0.6 is 0 Å². The molecule has 28 heavy (non-hydrogen) atoms. The van der Waals surface area contributed by atoms with E-state index in [-0.39, 0.29) is 11.7 Å². The van der Waals surface area contributed by atoms with E-state index < -0.39 is 17.7 Å². The largest absolute Gasteiger partial charge is 0.444 e. The van der Waals surface area contributed by atoms with E-state index in [0.29, 0.717) is 6.42 Å². The van der Waals surface area contributed by atoms with Crippen molar-refractivity contribution in [2.45, 2.75) is 104 Å². The Balaban J connectivity index is 3.82. The molecule has 0 bridgehead atoms. The second kappa shape index (κ2) is 15.7. The molecule has 6 nitrogen and oxygen atoms in total. The van der Waals surface area contributed by atoms with Crippen LogP contribution in [0.15, 0.2) is 0 Å². The maximum absolute atomic E-state index is 12.5. The number of ketones is 1. The van der Waals surface area contributed by atoms with E-state index in [1.807, 2.05) is 34.6 Å². The van der Waals surface area contributed by atoms with Crippen LogP contribution in [0.5, 0.6) is 0 Å². The Morgan fingerprint density at radius 3 is 1.96 bits per heavy atom. The first-order valence-corrected chi connectivity index (χ1v) is 11.1. The van der Waals surface area contributed by atoms with Crippen molar-refractivity contribution in [1.82, 2.24) is 10.6 Å². The monoisotopic (exact) mass is 399 g/mol. The van der Waals surface area contributed by atoms with Gasteiger partial charge in [0.25, 0.3) is 0 Å². The lowest BCUT2D eigenvalue weighted by Gasteiger charge is -2.25. The number of amides is 1. The summed E-state index contributed by atoms with van der Waals surface area (Å²) in [5.74, 6) is 0.155. The number of hydrogen-bond acceptors (Lipinski definition) is 5. The van der Waals surface area contributed by atoms with E-state index in [4.69, 9.17) is 10.5 Å². The van der Waals surface area contributed by atoms with Crippen molar-refractivity contribution in [2.75, 3.05) is 19.6 Å². The zero-order valence-corrected chi connectivity index (χ0v) is 18.9. The maximum atomic E-state index is 12.5. The SMILES string of the molecule is CC(C)C(NC(=O)OC(C)(C)C)C(=O)CCCCCCCCCNCCCN. The number of carbonyl (C=O) groups excluding carboxylic acids is 2. The number of hydrogen-bond donors (Lipinski definition) is 3. The van der Waals surface area contributed by atoms with Gasteiger partial charge in [-0.05, 0) is 65.6 Å². The van der Waals surface area contributed by atoms with Gasteiger partial charge in [-0.2, -0.15) is 0 Å². The van der Waals surface area contributed by atoms with E-state index in [1.54, 1.807) is 0 Å². The molecule has 0 radical (unpaired) electrons. The summed E-state index contributed by atoms with van der Waals surface area (Å²) in [5, 5.41) is 6.14. The van der Waals surface area contributed by atoms with Gasteiger partial charge in [0.15, 0.2) is 5.78 Å². The Bertz CT molecular complexity index is 420. The van der Waals surface area contributed by atoms with E-state index in [0.717, 1.165) is 38.9 Å². The molecular formula is C22H45N3O3. The van der Waals surface area contributed by atoms with E-state index in [9.17, 15) is 9.59 Å². The molecule has 0 saturated carbocycles. The van der Waals surface area contributed by atoms with Gasteiger partial charge in [0.1, 0.15) is 5.60 Å². The summed E-state index contributed by atoms with van der Waals surface area (Å²) in [6, 6.07) is -0.471. The molecule has 1 amide bonds. The third-order valence-corrected chi connectivity index (χ3v) is 4.52. The first kappa shape index (κ1) is 26.9. The van der Waals surface area contributed by atoms with Crippen molar-refractivity contribution in [2.24, 2.45) is 11.7 Å². The zero-order chi connectivity index (χ0) is 21.4. The first-order chi connectivity index (χ1) is 13.2. The minimum atomic E-state index is -0.560. The van der Waals surface area contributed by atoms with Gasteiger partial charge in [-0.3, -0.25) is 4.79 Å². The lowest BCUT2D eigenvalue weighted by atomic mass is 9.96. The average Bonchev–Trinajstić information content (AvgIpc) is 2.58. The van der Waals surface area contributed by atoms with Gasteiger partial charge in [-0.1, -0.05) is 46.0 Å². The average molecular weight is 400 g/mol. The highest BCUT2D eigenvalue weighted by molar-refractivity contribution is 5.87. The molecule has 166 valence electrons. The molecule has 0 saturated heterocycles. The van der Waals surface area contributed by atoms with E-state index in [1.165, 1.54) is 32.1 Å². The molecule has 0 heterocycles. The Morgan fingerprint density at radius 2 is 1.43 bits per heavy atom. The number of Topliss-reactive ketones (excluding diaryl/α,β-unsaturated/α-hetero) is 1. The predicted molar refractivity (Wildman–Crippen MR) is 116 cm³/mol. The van der Waals surface area contributed by atoms with Crippen LogP contribution in [0.1, 0.15) is 92.4 Å². The lowest BCUT2D eigenvalue weighted by molar-refractivity contribution is -0.122. The number of ether oxygens (including phenoxy) is 1. The summed E-state index contributed by atoms with van der Waals surface area (Å²) in [4.78, 5) is 24.4. The van der Waals surface area contributed by atoms with Gasteiger partial charge in [0.2, 0.25) is 0 Å². The molecule has 0 rings (SSSR count). The van der Waals surface area contributed by atoms with Crippen LogP contribution in [0.3, 0.4) is 0 Å².